The Morgan fingerprint density at radius 1 is 1.27 bits per heavy atom. The monoisotopic (exact) mass is 354 g/mol. The van der Waals surface area contributed by atoms with Crippen molar-refractivity contribution in [1.82, 2.24) is 19.5 Å². The zero-order chi connectivity index (χ0) is 18.1. The lowest BCUT2D eigenvalue weighted by Crippen LogP contribution is -2.39. The summed E-state index contributed by atoms with van der Waals surface area (Å²) < 4.78 is 20.7. The van der Waals surface area contributed by atoms with Crippen molar-refractivity contribution >= 4 is 11.6 Å². The molecule has 1 amide bonds. The predicted octanol–water partition coefficient (Wildman–Crippen LogP) is 3.24. The Balaban J connectivity index is 1.71. The number of methoxy groups -OCH3 is 1. The lowest BCUT2D eigenvalue weighted by Gasteiger charge is -2.35. The number of nitrogens with zero attached hydrogens (tertiary/aromatic N) is 4. The molecular formula is C19H19FN4O2. The smallest absolute Gasteiger partial charge is 0.258 e. The minimum absolute atomic E-state index is 0.149. The highest BCUT2D eigenvalue weighted by atomic mass is 19.1. The number of piperidine rings is 1. The number of halogens is 1. The molecule has 7 heteroatoms. The van der Waals surface area contributed by atoms with Crippen LogP contribution in [0.2, 0.25) is 0 Å². The Morgan fingerprint density at radius 3 is 3.00 bits per heavy atom. The van der Waals surface area contributed by atoms with Crippen molar-refractivity contribution in [3.63, 3.8) is 0 Å². The fourth-order valence-electron chi connectivity index (χ4n) is 3.50. The molecular weight excluding hydrogens is 335 g/mol. The van der Waals surface area contributed by atoms with Crippen molar-refractivity contribution in [3.05, 3.63) is 59.8 Å². The van der Waals surface area contributed by atoms with Gasteiger partial charge in [-0.2, -0.15) is 5.10 Å². The molecule has 1 aliphatic heterocycles. The van der Waals surface area contributed by atoms with Crippen LogP contribution in [0.1, 0.15) is 41.4 Å². The molecule has 6 nitrogen and oxygen atoms in total. The first-order valence-corrected chi connectivity index (χ1v) is 8.62. The molecule has 0 N–H and O–H groups in total. The lowest BCUT2D eigenvalue weighted by molar-refractivity contribution is 0.0602. The third-order valence-electron chi connectivity index (χ3n) is 4.78. The summed E-state index contributed by atoms with van der Waals surface area (Å²) in [6, 6.07) is 7.58. The molecule has 2 aromatic heterocycles. The second-order valence-electron chi connectivity index (χ2n) is 6.34. The van der Waals surface area contributed by atoms with Crippen LogP contribution >= 0.6 is 0 Å². The van der Waals surface area contributed by atoms with E-state index in [9.17, 15) is 9.18 Å². The fraction of sp³-hybridized carbons (Fsp3) is 0.316. The van der Waals surface area contributed by atoms with Gasteiger partial charge in [0.2, 0.25) is 0 Å². The van der Waals surface area contributed by atoms with E-state index in [4.69, 9.17) is 4.74 Å². The van der Waals surface area contributed by atoms with E-state index in [1.54, 1.807) is 15.6 Å². The van der Waals surface area contributed by atoms with Crippen molar-refractivity contribution in [1.29, 1.82) is 0 Å². The average Bonchev–Trinajstić information content (AvgIpc) is 3.15. The molecule has 1 fully saturated rings. The number of benzene rings is 1. The lowest BCUT2D eigenvalue weighted by atomic mass is 9.97. The number of likely N-dealkylation sites (tertiary alicyclic amines) is 1. The van der Waals surface area contributed by atoms with Crippen LogP contribution in [-0.2, 0) is 0 Å². The van der Waals surface area contributed by atoms with Crippen molar-refractivity contribution < 1.29 is 13.9 Å². The molecule has 1 aliphatic rings. The highest BCUT2D eigenvalue weighted by Gasteiger charge is 2.31. The summed E-state index contributed by atoms with van der Waals surface area (Å²) in [5.74, 6) is -0.317. The van der Waals surface area contributed by atoms with Gasteiger partial charge >= 0.3 is 0 Å². The Morgan fingerprint density at radius 2 is 2.15 bits per heavy atom. The van der Waals surface area contributed by atoms with Crippen LogP contribution in [0.15, 0.2) is 42.7 Å². The Labute approximate surface area is 150 Å². The van der Waals surface area contributed by atoms with Gasteiger partial charge in [0.05, 0.1) is 30.6 Å². The third kappa shape index (κ3) is 2.89. The number of hydrogen-bond acceptors (Lipinski definition) is 4. The normalized spacial score (nSPS) is 17.5. The van der Waals surface area contributed by atoms with Crippen molar-refractivity contribution in [2.45, 2.75) is 25.3 Å². The summed E-state index contributed by atoms with van der Waals surface area (Å²) in [5, 5.41) is 4.15. The van der Waals surface area contributed by atoms with Gasteiger partial charge in [0.15, 0.2) is 5.65 Å². The molecule has 26 heavy (non-hydrogen) atoms. The van der Waals surface area contributed by atoms with E-state index >= 15 is 0 Å². The topological polar surface area (TPSA) is 59.7 Å². The van der Waals surface area contributed by atoms with Gasteiger partial charge in [-0.25, -0.2) is 13.9 Å². The molecule has 1 saturated heterocycles. The Kier molecular flexibility index (Phi) is 4.28. The van der Waals surface area contributed by atoms with Gasteiger partial charge in [-0.05, 0) is 43.5 Å². The van der Waals surface area contributed by atoms with E-state index in [-0.39, 0.29) is 17.5 Å². The number of carbonyl (C=O) groups is 1. The molecule has 0 aliphatic carbocycles. The van der Waals surface area contributed by atoms with Crippen LogP contribution in [0, 0.1) is 5.82 Å². The van der Waals surface area contributed by atoms with E-state index in [0.29, 0.717) is 12.3 Å². The van der Waals surface area contributed by atoms with Gasteiger partial charge < -0.3 is 9.64 Å². The number of rotatable bonds is 3. The molecule has 1 aromatic carbocycles. The van der Waals surface area contributed by atoms with Crippen LogP contribution in [-0.4, -0.2) is 39.1 Å². The van der Waals surface area contributed by atoms with Gasteiger partial charge in [-0.1, -0.05) is 0 Å². The summed E-state index contributed by atoms with van der Waals surface area (Å²) in [6.07, 6.45) is 6.28. The predicted molar refractivity (Wildman–Crippen MR) is 93.6 cm³/mol. The number of fused-ring (bicyclic) bond motifs is 1. The first-order chi connectivity index (χ1) is 12.7. The number of hydrogen-bond donors (Lipinski definition) is 0. The summed E-state index contributed by atoms with van der Waals surface area (Å²) >= 11 is 0. The third-order valence-corrected chi connectivity index (χ3v) is 4.78. The fourth-order valence-corrected chi connectivity index (χ4v) is 3.50. The van der Waals surface area contributed by atoms with Crippen LogP contribution < -0.4 is 4.74 Å². The second kappa shape index (κ2) is 6.74. The van der Waals surface area contributed by atoms with E-state index in [2.05, 4.69) is 10.1 Å². The maximum Gasteiger partial charge on any atom is 0.258 e. The highest BCUT2D eigenvalue weighted by Crippen LogP contribution is 2.33. The summed E-state index contributed by atoms with van der Waals surface area (Å²) in [5.41, 5.74) is 1.80. The molecule has 134 valence electrons. The highest BCUT2D eigenvalue weighted by molar-refractivity contribution is 5.97. The van der Waals surface area contributed by atoms with Crippen molar-refractivity contribution in [2.75, 3.05) is 13.7 Å². The van der Waals surface area contributed by atoms with Crippen molar-refractivity contribution in [3.8, 4) is 5.75 Å². The first-order valence-electron chi connectivity index (χ1n) is 8.62. The largest absolute Gasteiger partial charge is 0.496 e. The zero-order valence-electron chi connectivity index (χ0n) is 14.4. The molecule has 1 unspecified atom stereocenters. The number of aromatic nitrogens is 3. The van der Waals surface area contributed by atoms with Crippen LogP contribution in [0.25, 0.3) is 5.65 Å². The maximum atomic E-state index is 13.7. The molecule has 0 radical (unpaired) electrons. The van der Waals surface area contributed by atoms with Gasteiger partial charge in [0.25, 0.3) is 5.91 Å². The molecule has 3 aromatic rings. The van der Waals surface area contributed by atoms with Gasteiger partial charge in [-0.15, -0.1) is 0 Å². The van der Waals surface area contributed by atoms with Crippen LogP contribution in [0.3, 0.4) is 0 Å². The van der Waals surface area contributed by atoms with Gasteiger partial charge in [0, 0.05) is 18.8 Å². The number of ether oxygens (including phenoxy) is 1. The summed E-state index contributed by atoms with van der Waals surface area (Å²) in [7, 11) is 1.48. The molecule has 0 saturated carbocycles. The molecule has 0 spiro atoms. The number of carbonyl (C=O) groups excluding carboxylic acids is 1. The van der Waals surface area contributed by atoms with Crippen LogP contribution in [0.4, 0.5) is 4.39 Å². The SMILES string of the molecule is COc1ccc(F)cc1C(=O)N1CCCCC1c1ccn2nccc2n1. The maximum absolute atomic E-state index is 13.7. The Hall–Kier alpha value is -2.96. The van der Waals surface area contributed by atoms with Crippen molar-refractivity contribution in [2.24, 2.45) is 0 Å². The average molecular weight is 354 g/mol. The zero-order valence-corrected chi connectivity index (χ0v) is 14.4. The second-order valence-corrected chi connectivity index (χ2v) is 6.34. The molecule has 4 rings (SSSR count). The standard InChI is InChI=1S/C19H19FN4O2/c1-26-17-6-5-13(20)12-14(17)19(25)23-10-3-2-4-16(23)15-8-11-24-18(22-15)7-9-21-24/h5-9,11-12,16H,2-4,10H2,1H3. The summed E-state index contributed by atoms with van der Waals surface area (Å²) in [4.78, 5) is 19.6. The minimum atomic E-state index is -0.457. The first kappa shape index (κ1) is 16.5. The molecule has 3 heterocycles. The van der Waals surface area contributed by atoms with Gasteiger partial charge in [-0.3, -0.25) is 4.79 Å². The molecule has 1 atom stereocenters. The minimum Gasteiger partial charge on any atom is -0.496 e. The van der Waals surface area contributed by atoms with Crippen LogP contribution in [0.5, 0.6) is 5.75 Å². The van der Waals surface area contributed by atoms with Gasteiger partial charge in [0.1, 0.15) is 11.6 Å². The quantitative estimate of drug-likeness (QED) is 0.724. The molecule has 0 bridgehead atoms. The van der Waals surface area contributed by atoms with E-state index in [1.165, 1.54) is 25.3 Å². The van der Waals surface area contributed by atoms with E-state index in [0.717, 1.165) is 30.6 Å². The Bertz CT molecular complexity index is 956. The van der Waals surface area contributed by atoms with E-state index in [1.807, 2.05) is 18.3 Å². The number of amides is 1. The summed E-state index contributed by atoms with van der Waals surface area (Å²) in [6.45, 7) is 0.606. The van der Waals surface area contributed by atoms with E-state index < -0.39 is 5.82 Å².